The fourth-order valence-corrected chi connectivity index (χ4v) is 3.91. The van der Waals surface area contributed by atoms with Gasteiger partial charge in [-0.25, -0.2) is 4.98 Å². The summed E-state index contributed by atoms with van der Waals surface area (Å²) >= 11 is 5.88. The molecule has 7 nitrogen and oxygen atoms in total. The van der Waals surface area contributed by atoms with Crippen molar-refractivity contribution in [2.24, 2.45) is 12.5 Å². The number of carbonyl (C=O) groups is 2. The summed E-state index contributed by atoms with van der Waals surface area (Å²) in [5.74, 6) is -0.0465. The number of hydrogen-bond acceptors (Lipinski definition) is 4. The molecule has 1 atom stereocenters. The highest BCUT2D eigenvalue weighted by atomic mass is 35.5. The second kappa shape index (κ2) is 5.84. The van der Waals surface area contributed by atoms with Crippen molar-refractivity contribution in [2.45, 2.75) is 12.8 Å². The van der Waals surface area contributed by atoms with Gasteiger partial charge in [0, 0.05) is 44.7 Å². The monoisotopic (exact) mass is 359 g/mol. The van der Waals surface area contributed by atoms with Crippen LogP contribution in [0.3, 0.4) is 0 Å². The Hall–Kier alpha value is -2.41. The smallest absolute Gasteiger partial charge is 0.272 e. The Labute approximate surface area is 150 Å². The number of aryl methyl sites for hydroxylation is 1. The summed E-state index contributed by atoms with van der Waals surface area (Å²) in [7, 11) is 1.83. The van der Waals surface area contributed by atoms with Crippen LogP contribution < -0.4 is 4.90 Å². The van der Waals surface area contributed by atoms with Gasteiger partial charge in [0.05, 0.1) is 11.9 Å². The predicted octanol–water partition coefficient (Wildman–Crippen LogP) is 1.74. The maximum atomic E-state index is 12.7. The molecule has 2 aromatic heterocycles. The SMILES string of the molecule is Cn1cc(N2CC3(CCN(C(=O)c4cccc(Cl)n4)C3)CC2=O)cn1. The summed E-state index contributed by atoms with van der Waals surface area (Å²) in [4.78, 5) is 32.8. The lowest BCUT2D eigenvalue weighted by Gasteiger charge is -2.23. The van der Waals surface area contributed by atoms with Crippen LogP contribution in [-0.4, -0.2) is 51.1 Å². The van der Waals surface area contributed by atoms with E-state index < -0.39 is 0 Å². The molecule has 0 N–H and O–H groups in total. The summed E-state index contributed by atoms with van der Waals surface area (Å²) in [6, 6.07) is 5.03. The third kappa shape index (κ3) is 2.89. The van der Waals surface area contributed by atoms with E-state index in [0.29, 0.717) is 36.9 Å². The van der Waals surface area contributed by atoms with Crippen molar-refractivity contribution in [3.63, 3.8) is 0 Å². The maximum Gasteiger partial charge on any atom is 0.272 e. The number of anilines is 1. The van der Waals surface area contributed by atoms with Crippen LogP contribution in [0.1, 0.15) is 23.3 Å². The third-order valence-corrected chi connectivity index (χ3v) is 5.19. The average Bonchev–Trinajstić information content (AvgIpc) is 3.27. The van der Waals surface area contributed by atoms with Crippen LogP contribution in [0, 0.1) is 5.41 Å². The molecule has 0 aromatic carbocycles. The Morgan fingerprint density at radius 3 is 2.88 bits per heavy atom. The topological polar surface area (TPSA) is 71.3 Å². The first-order valence-electron chi connectivity index (χ1n) is 8.17. The van der Waals surface area contributed by atoms with Gasteiger partial charge in [0.1, 0.15) is 10.8 Å². The molecule has 0 aliphatic carbocycles. The lowest BCUT2D eigenvalue weighted by atomic mass is 9.86. The maximum absolute atomic E-state index is 12.7. The molecule has 130 valence electrons. The Balaban J connectivity index is 1.50. The number of hydrogen-bond donors (Lipinski definition) is 0. The van der Waals surface area contributed by atoms with Gasteiger partial charge in [0.2, 0.25) is 5.91 Å². The molecule has 0 saturated carbocycles. The van der Waals surface area contributed by atoms with Crippen LogP contribution in [0.5, 0.6) is 0 Å². The van der Waals surface area contributed by atoms with E-state index in [9.17, 15) is 9.59 Å². The molecule has 2 saturated heterocycles. The number of aromatic nitrogens is 3. The van der Waals surface area contributed by atoms with Crippen LogP contribution in [0.15, 0.2) is 30.6 Å². The molecule has 0 radical (unpaired) electrons. The fourth-order valence-electron chi connectivity index (χ4n) is 3.75. The van der Waals surface area contributed by atoms with Crippen LogP contribution in [0.4, 0.5) is 5.69 Å². The minimum absolute atomic E-state index is 0.0863. The minimum Gasteiger partial charge on any atom is -0.337 e. The van der Waals surface area contributed by atoms with Crippen molar-refractivity contribution in [2.75, 3.05) is 24.5 Å². The largest absolute Gasteiger partial charge is 0.337 e. The van der Waals surface area contributed by atoms with Crippen molar-refractivity contribution in [3.05, 3.63) is 41.4 Å². The quantitative estimate of drug-likeness (QED) is 0.766. The number of amides is 2. The predicted molar refractivity (Wildman–Crippen MR) is 92.4 cm³/mol. The Morgan fingerprint density at radius 1 is 1.32 bits per heavy atom. The average molecular weight is 360 g/mol. The number of carbonyl (C=O) groups excluding carboxylic acids is 2. The number of rotatable bonds is 2. The second-order valence-electron chi connectivity index (χ2n) is 6.85. The highest BCUT2D eigenvalue weighted by molar-refractivity contribution is 6.29. The van der Waals surface area contributed by atoms with Crippen LogP contribution >= 0.6 is 11.6 Å². The second-order valence-corrected chi connectivity index (χ2v) is 7.24. The first kappa shape index (κ1) is 16.1. The van der Waals surface area contributed by atoms with E-state index in [2.05, 4.69) is 10.1 Å². The molecule has 4 rings (SSSR count). The van der Waals surface area contributed by atoms with Crippen molar-refractivity contribution in [3.8, 4) is 0 Å². The molecule has 2 amide bonds. The summed E-state index contributed by atoms with van der Waals surface area (Å²) in [6.07, 6.45) is 4.80. The lowest BCUT2D eigenvalue weighted by molar-refractivity contribution is -0.117. The van der Waals surface area contributed by atoms with Crippen molar-refractivity contribution in [1.82, 2.24) is 19.7 Å². The Kier molecular flexibility index (Phi) is 3.76. The Morgan fingerprint density at radius 2 is 2.16 bits per heavy atom. The van der Waals surface area contributed by atoms with Crippen LogP contribution in [0.2, 0.25) is 5.15 Å². The van der Waals surface area contributed by atoms with Gasteiger partial charge in [-0.15, -0.1) is 0 Å². The van der Waals surface area contributed by atoms with Gasteiger partial charge in [0.15, 0.2) is 0 Å². The summed E-state index contributed by atoms with van der Waals surface area (Å²) < 4.78 is 1.68. The van der Waals surface area contributed by atoms with Crippen molar-refractivity contribution < 1.29 is 9.59 Å². The first-order valence-corrected chi connectivity index (χ1v) is 8.54. The van der Waals surface area contributed by atoms with Crippen molar-refractivity contribution >= 4 is 29.1 Å². The third-order valence-electron chi connectivity index (χ3n) is 4.98. The molecular formula is C17H18ClN5O2. The van der Waals surface area contributed by atoms with Gasteiger partial charge in [-0.1, -0.05) is 17.7 Å². The van der Waals surface area contributed by atoms with E-state index in [1.165, 1.54) is 0 Å². The van der Waals surface area contributed by atoms with Gasteiger partial charge in [-0.3, -0.25) is 14.3 Å². The van der Waals surface area contributed by atoms with Crippen LogP contribution in [-0.2, 0) is 11.8 Å². The molecule has 1 unspecified atom stereocenters. The van der Waals surface area contributed by atoms with Crippen molar-refractivity contribution in [1.29, 1.82) is 0 Å². The molecule has 0 bridgehead atoms. The number of halogens is 1. The highest BCUT2D eigenvalue weighted by Gasteiger charge is 2.49. The van der Waals surface area contributed by atoms with E-state index >= 15 is 0 Å². The molecule has 2 fully saturated rings. The van der Waals surface area contributed by atoms with Gasteiger partial charge < -0.3 is 9.80 Å². The van der Waals surface area contributed by atoms with Gasteiger partial charge in [-0.2, -0.15) is 5.10 Å². The van der Waals surface area contributed by atoms with Gasteiger partial charge in [-0.05, 0) is 18.6 Å². The minimum atomic E-state index is -0.193. The molecule has 4 heterocycles. The Bertz CT molecular complexity index is 851. The fraction of sp³-hybridized carbons (Fsp3) is 0.412. The lowest BCUT2D eigenvalue weighted by Crippen LogP contribution is -2.34. The summed E-state index contributed by atoms with van der Waals surface area (Å²) in [6.45, 7) is 1.80. The van der Waals surface area contributed by atoms with E-state index in [-0.39, 0.29) is 17.2 Å². The number of pyridine rings is 1. The van der Waals surface area contributed by atoms with Gasteiger partial charge in [0.25, 0.3) is 5.91 Å². The molecule has 1 spiro atoms. The zero-order valence-corrected chi connectivity index (χ0v) is 14.6. The normalized spacial score (nSPS) is 23.0. The number of nitrogens with zero attached hydrogens (tertiary/aromatic N) is 5. The summed E-state index contributed by atoms with van der Waals surface area (Å²) in [5, 5.41) is 4.44. The van der Waals surface area contributed by atoms with E-state index in [1.807, 2.05) is 13.2 Å². The first-order chi connectivity index (χ1) is 12.0. The summed E-state index contributed by atoms with van der Waals surface area (Å²) in [5.41, 5.74) is 0.963. The zero-order chi connectivity index (χ0) is 17.6. The molecule has 25 heavy (non-hydrogen) atoms. The number of likely N-dealkylation sites (tertiary alicyclic amines) is 1. The van der Waals surface area contributed by atoms with Crippen LogP contribution in [0.25, 0.3) is 0 Å². The molecule has 8 heteroatoms. The van der Waals surface area contributed by atoms with E-state index in [1.54, 1.807) is 38.9 Å². The molecule has 2 aliphatic rings. The van der Waals surface area contributed by atoms with Gasteiger partial charge >= 0.3 is 0 Å². The standard InChI is InChI=1S/C17H18ClN5O2/c1-21-9-12(8-19-21)23-11-17(7-15(23)24)5-6-22(10-17)16(25)13-3-2-4-14(18)20-13/h2-4,8-9H,5-7,10-11H2,1H3. The highest BCUT2D eigenvalue weighted by Crippen LogP contribution is 2.42. The molecule has 2 aliphatic heterocycles. The zero-order valence-electron chi connectivity index (χ0n) is 13.9. The van der Waals surface area contributed by atoms with E-state index in [0.717, 1.165) is 12.1 Å². The van der Waals surface area contributed by atoms with E-state index in [4.69, 9.17) is 11.6 Å². The molecule has 2 aromatic rings. The molecular weight excluding hydrogens is 342 g/mol.